The molecule has 1 saturated heterocycles. The van der Waals surface area contributed by atoms with Crippen LogP contribution in [0.2, 0.25) is 0 Å². The van der Waals surface area contributed by atoms with Crippen LogP contribution in [0.5, 0.6) is 0 Å². The van der Waals surface area contributed by atoms with Gasteiger partial charge in [-0.1, -0.05) is 30.3 Å². The first-order chi connectivity index (χ1) is 10.7. The van der Waals surface area contributed by atoms with E-state index in [0.29, 0.717) is 5.82 Å². The minimum absolute atomic E-state index is 0.648. The standard InChI is InChI=1S/C18H22BrN3/c19-17-11-16(18(20)21-12-17)13-22-8-6-15(7-9-22)10-14-4-2-1-3-5-14/h1-5,11-12,15H,6-10,13H2,(H2,20,21). The van der Waals surface area contributed by atoms with E-state index in [2.05, 4.69) is 62.2 Å². The van der Waals surface area contributed by atoms with Crippen LogP contribution in [0, 0.1) is 5.92 Å². The van der Waals surface area contributed by atoms with Crippen LogP contribution in [-0.4, -0.2) is 23.0 Å². The number of nitrogens with zero attached hydrogens (tertiary/aromatic N) is 2. The summed E-state index contributed by atoms with van der Waals surface area (Å²) in [5.74, 6) is 1.45. The molecule has 0 unspecified atom stereocenters. The minimum atomic E-state index is 0.648. The molecule has 3 nitrogen and oxygen atoms in total. The summed E-state index contributed by atoms with van der Waals surface area (Å²) in [6, 6.07) is 12.9. The number of halogens is 1. The fraction of sp³-hybridized carbons (Fsp3) is 0.389. The van der Waals surface area contributed by atoms with Crippen LogP contribution < -0.4 is 5.73 Å². The van der Waals surface area contributed by atoms with E-state index in [9.17, 15) is 0 Å². The highest BCUT2D eigenvalue weighted by Crippen LogP contribution is 2.24. The van der Waals surface area contributed by atoms with E-state index < -0.39 is 0 Å². The first-order valence-electron chi connectivity index (χ1n) is 7.87. The fourth-order valence-electron chi connectivity index (χ4n) is 3.16. The SMILES string of the molecule is Nc1ncc(Br)cc1CN1CCC(Cc2ccccc2)CC1. The number of piperidine rings is 1. The first kappa shape index (κ1) is 15.5. The molecule has 1 fully saturated rings. The molecular formula is C18H22BrN3. The van der Waals surface area contributed by atoms with Crippen LogP contribution in [0.15, 0.2) is 47.1 Å². The molecule has 116 valence electrons. The first-order valence-corrected chi connectivity index (χ1v) is 8.66. The van der Waals surface area contributed by atoms with Gasteiger partial charge in [0, 0.05) is 22.8 Å². The predicted molar refractivity (Wildman–Crippen MR) is 94.5 cm³/mol. The van der Waals surface area contributed by atoms with E-state index in [1.165, 1.54) is 24.8 Å². The molecule has 1 aromatic carbocycles. The maximum absolute atomic E-state index is 5.98. The summed E-state index contributed by atoms with van der Waals surface area (Å²) < 4.78 is 0.996. The van der Waals surface area contributed by atoms with Crippen molar-refractivity contribution in [3.63, 3.8) is 0 Å². The van der Waals surface area contributed by atoms with Crippen molar-refractivity contribution in [1.82, 2.24) is 9.88 Å². The molecule has 0 amide bonds. The Morgan fingerprint density at radius 3 is 2.64 bits per heavy atom. The minimum Gasteiger partial charge on any atom is -0.383 e. The van der Waals surface area contributed by atoms with Crippen molar-refractivity contribution >= 4 is 21.7 Å². The monoisotopic (exact) mass is 359 g/mol. The third kappa shape index (κ3) is 4.08. The van der Waals surface area contributed by atoms with Crippen molar-refractivity contribution < 1.29 is 0 Å². The van der Waals surface area contributed by atoms with Crippen LogP contribution in [0.1, 0.15) is 24.0 Å². The highest BCUT2D eigenvalue weighted by atomic mass is 79.9. The van der Waals surface area contributed by atoms with Crippen molar-refractivity contribution in [2.45, 2.75) is 25.8 Å². The van der Waals surface area contributed by atoms with Crippen LogP contribution in [0.25, 0.3) is 0 Å². The van der Waals surface area contributed by atoms with Crippen molar-refractivity contribution in [3.05, 3.63) is 58.2 Å². The Morgan fingerprint density at radius 1 is 1.18 bits per heavy atom. The molecule has 2 aromatic rings. The van der Waals surface area contributed by atoms with Crippen LogP contribution in [0.4, 0.5) is 5.82 Å². The Hall–Kier alpha value is -1.39. The Morgan fingerprint density at radius 2 is 1.91 bits per heavy atom. The molecule has 0 spiro atoms. The Bertz CT molecular complexity index is 607. The smallest absolute Gasteiger partial charge is 0.127 e. The quantitative estimate of drug-likeness (QED) is 0.900. The van der Waals surface area contributed by atoms with Gasteiger partial charge in [0.05, 0.1) is 0 Å². The number of nitrogens with two attached hydrogens (primary N) is 1. The highest BCUT2D eigenvalue weighted by Gasteiger charge is 2.20. The second-order valence-electron chi connectivity index (χ2n) is 6.11. The van der Waals surface area contributed by atoms with Gasteiger partial charge in [0.25, 0.3) is 0 Å². The highest BCUT2D eigenvalue weighted by molar-refractivity contribution is 9.10. The summed E-state index contributed by atoms with van der Waals surface area (Å²) in [5, 5.41) is 0. The molecule has 1 aromatic heterocycles. The van der Waals surface area contributed by atoms with Crippen LogP contribution >= 0.6 is 15.9 Å². The zero-order valence-electron chi connectivity index (χ0n) is 12.7. The van der Waals surface area contributed by atoms with E-state index in [1.54, 1.807) is 6.20 Å². The second-order valence-corrected chi connectivity index (χ2v) is 7.02. The van der Waals surface area contributed by atoms with E-state index in [4.69, 9.17) is 5.73 Å². The number of hydrogen-bond acceptors (Lipinski definition) is 3. The van der Waals surface area contributed by atoms with Gasteiger partial charge in [0.1, 0.15) is 5.82 Å². The third-order valence-corrected chi connectivity index (χ3v) is 4.87. The molecular weight excluding hydrogens is 338 g/mol. The lowest BCUT2D eigenvalue weighted by Crippen LogP contribution is -2.34. The van der Waals surface area contributed by atoms with Crippen molar-refractivity contribution in [2.24, 2.45) is 5.92 Å². The zero-order valence-corrected chi connectivity index (χ0v) is 14.3. The molecule has 2 N–H and O–H groups in total. The lowest BCUT2D eigenvalue weighted by molar-refractivity contribution is 0.177. The van der Waals surface area contributed by atoms with Gasteiger partial charge in [-0.25, -0.2) is 4.98 Å². The Kier molecular flexibility index (Phi) is 5.11. The summed E-state index contributed by atoms with van der Waals surface area (Å²) in [5.41, 5.74) is 8.56. The Labute approximate surface area is 140 Å². The second kappa shape index (κ2) is 7.25. The van der Waals surface area contributed by atoms with E-state index in [-0.39, 0.29) is 0 Å². The van der Waals surface area contributed by atoms with Gasteiger partial charge in [0.2, 0.25) is 0 Å². The molecule has 0 radical (unpaired) electrons. The number of aromatic nitrogens is 1. The number of hydrogen-bond donors (Lipinski definition) is 1. The third-order valence-electron chi connectivity index (χ3n) is 4.44. The average Bonchev–Trinajstić information content (AvgIpc) is 2.54. The van der Waals surface area contributed by atoms with E-state index in [1.807, 2.05) is 0 Å². The van der Waals surface area contributed by atoms with E-state index in [0.717, 1.165) is 35.6 Å². The van der Waals surface area contributed by atoms with Gasteiger partial charge in [-0.3, -0.25) is 4.90 Å². The number of nitrogen functional groups attached to an aromatic ring is 1. The molecule has 0 atom stereocenters. The number of likely N-dealkylation sites (tertiary alicyclic amines) is 1. The number of rotatable bonds is 4. The molecule has 1 aliphatic rings. The van der Waals surface area contributed by atoms with Gasteiger partial charge in [-0.05, 0) is 65.8 Å². The number of anilines is 1. The molecule has 3 rings (SSSR count). The average molecular weight is 360 g/mol. The summed E-state index contributed by atoms with van der Waals surface area (Å²) >= 11 is 3.47. The lowest BCUT2D eigenvalue weighted by Gasteiger charge is -2.32. The normalized spacial score (nSPS) is 16.8. The van der Waals surface area contributed by atoms with Gasteiger partial charge in [-0.2, -0.15) is 0 Å². The molecule has 0 aliphatic carbocycles. The van der Waals surface area contributed by atoms with Crippen molar-refractivity contribution in [2.75, 3.05) is 18.8 Å². The van der Waals surface area contributed by atoms with E-state index >= 15 is 0 Å². The van der Waals surface area contributed by atoms with Crippen LogP contribution in [-0.2, 0) is 13.0 Å². The Balaban J connectivity index is 1.52. The maximum Gasteiger partial charge on any atom is 0.127 e. The van der Waals surface area contributed by atoms with Gasteiger partial charge in [-0.15, -0.1) is 0 Å². The van der Waals surface area contributed by atoms with Gasteiger partial charge >= 0.3 is 0 Å². The van der Waals surface area contributed by atoms with Crippen molar-refractivity contribution in [1.29, 1.82) is 0 Å². The fourth-order valence-corrected chi connectivity index (χ4v) is 3.53. The van der Waals surface area contributed by atoms with Crippen molar-refractivity contribution in [3.8, 4) is 0 Å². The number of benzene rings is 1. The van der Waals surface area contributed by atoms with Gasteiger partial charge in [0.15, 0.2) is 0 Å². The summed E-state index contributed by atoms with van der Waals surface area (Å²) in [4.78, 5) is 6.71. The summed E-state index contributed by atoms with van der Waals surface area (Å²) in [6.07, 6.45) is 5.48. The molecule has 1 aliphatic heterocycles. The predicted octanol–water partition coefficient (Wildman–Crippen LogP) is 3.88. The maximum atomic E-state index is 5.98. The molecule has 22 heavy (non-hydrogen) atoms. The lowest BCUT2D eigenvalue weighted by atomic mass is 9.90. The summed E-state index contributed by atoms with van der Waals surface area (Å²) in [7, 11) is 0. The molecule has 4 heteroatoms. The topological polar surface area (TPSA) is 42.1 Å². The zero-order chi connectivity index (χ0) is 15.4. The van der Waals surface area contributed by atoms with Crippen LogP contribution in [0.3, 0.4) is 0 Å². The van der Waals surface area contributed by atoms with Gasteiger partial charge < -0.3 is 5.73 Å². The largest absolute Gasteiger partial charge is 0.383 e. The summed E-state index contributed by atoms with van der Waals surface area (Å²) in [6.45, 7) is 3.18. The molecule has 2 heterocycles. The number of pyridine rings is 1. The molecule has 0 bridgehead atoms. The molecule has 0 saturated carbocycles.